The molecule has 1 saturated heterocycles. The second kappa shape index (κ2) is 9.77. The normalized spacial score (nSPS) is 17.5. The Labute approximate surface area is 167 Å². The van der Waals surface area contributed by atoms with Crippen molar-refractivity contribution >= 4 is 23.2 Å². The lowest BCUT2D eigenvalue weighted by atomic mass is 9.96. The number of hydrogen-bond acceptors (Lipinski definition) is 3. The first-order valence-electron chi connectivity index (χ1n) is 9.63. The van der Waals surface area contributed by atoms with Gasteiger partial charge < -0.3 is 10.2 Å². The van der Waals surface area contributed by atoms with E-state index in [0.29, 0.717) is 6.54 Å². The van der Waals surface area contributed by atoms with Crippen molar-refractivity contribution in [3.05, 3.63) is 65.2 Å². The van der Waals surface area contributed by atoms with Crippen LogP contribution in [0.15, 0.2) is 54.6 Å². The van der Waals surface area contributed by atoms with E-state index in [0.717, 1.165) is 55.3 Å². The molecule has 27 heavy (non-hydrogen) atoms. The fraction of sp³-hybridized carbons (Fsp3) is 0.409. The molecule has 0 radical (unpaired) electrons. The molecule has 0 spiro atoms. The summed E-state index contributed by atoms with van der Waals surface area (Å²) in [6.07, 6.45) is 2.01. The molecule has 0 bridgehead atoms. The molecule has 1 amide bonds. The number of nitrogens with zero attached hydrogens (tertiary/aromatic N) is 2. The van der Waals surface area contributed by atoms with Crippen molar-refractivity contribution in [1.82, 2.24) is 10.2 Å². The molecule has 0 aliphatic carbocycles. The van der Waals surface area contributed by atoms with Crippen LogP contribution in [-0.2, 0) is 11.3 Å². The largest absolute Gasteiger partial charge is 0.373 e. The molecule has 2 aromatic rings. The highest BCUT2D eigenvalue weighted by Gasteiger charge is 2.25. The fourth-order valence-corrected chi connectivity index (χ4v) is 3.78. The van der Waals surface area contributed by atoms with Crippen LogP contribution in [0.25, 0.3) is 0 Å². The second-order valence-corrected chi connectivity index (χ2v) is 7.62. The number of nitrogens with one attached hydrogen (secondary N) is 1. The number of piperidine rings is 1. The lowest BCUT2D eigenvalue weighted by molar-refractivity contribution is -0.126. The third-order valence-corrected chi connectivity index (χ3v) is 5.54. The molecule has 1 aliphatic heterocycles. The topological polar surface area (TPSA) is 35.6 Å². The zero-order valence-electron chi connectivity index (χ0n) is 15.9. The minimum absolute atomic E-state index is 0.0586. The summed E-state index contributed by atoms with van der Waals surface area (Å²) in [7, 11) is 2.05. The number of likely N-dealkylation sites (N-methyl/N-ethyl adjacent to an activating group) is 1. The summed E-state index contributed by atoms with van der Waals surface area (Å²) in [6.45, 7) is 4.08. The minimum Gasteiger partial charge on any atom is -0.373 e. The molecule has 1 N–H and O–H groups in total. The van der Waals surface area contributed by atoms with Gasteiger partial charge in [0, 0.05) is 43.9 Å². The summed E-state index contributed by atoms with van der Waals surface area (Å²) in [5.41, 5.74) is 2.29. The maximum Gasteiger partial charge on any atom is 0.224 e. The number of halogens is 1. The highest BCUT2D eigenvalue weighted by molar-refractivity contribution is 6.31. The number of carbonyl (C=O) groups excluding carboxylic acids is 1. The highest BCUT2D eigenvalue weighted by atomic mass is 35.5. The van der Waals surface area contributed by atoms with Crippen molar-refractivity contribution < 1.29 is 4.79 Å². The quantitative estimate of drug-likeness (QED) is 0.787. The molecule has 4 nitrogen and oxygen atoms in total. The van der Waals surface area contributed by atoms with Crippen molar-refractivity contribution in [2.24, 2.45) is 5.92 Å². The van der Waals surface area contributed by atoms with E-state index in [1.54, 1.807) is 0 Å². The van der Waals surface area contributed by atoms with Gasteiger partial charge in [-0.05, 0) is 43.1 Å². The molecule has 1 aliphatic rings. The molecule has 3 rings (SSSR count). The van der Waals surface area contributed by atoms with E-state index >= 15 is 0 Å². The van der Waals surface area contributed by atoms with Gasteiger partial charge in [0.15, 0.2) is 0 Å². The van der Waals surface area contributed by atoms with Gasteiger partial charge in [-0.2, -0.15) is 0 Å². The van der Waals surface area contributed by atoms with Crippen molar-refractivity contribution in [3.63, 3.8) is 0 Å². The van der Waals surface area contributed by atoms with Gasteiger partial charge in [0.25, 0.3) is 0 Å². The van der Waals surface area contributed by atoms with Crippen molar-refractivity contribution in [2.75, 3.05) is 38.1 Å². The number of para-hydroxylation sites is 1. The Kier molecular flexibility index (Phi) is 7.13. The maximum absolute atomic E-state index is 12.6. The molecule has 0 unspecified atom stereocenters. The SMILES string of the molecule is CN(CCNC(=O)[C@H]1CCCN(Cc2ccccc2Cl)C1)c1ccccc1. The number of likely N-dealkylation sites (tertiary alicyclic amines) is 1. The summed E-state index contributed by atoms with van der Waals surface area (Å²) in [6, 6.07) is 18.2. The van der Waals surface area contributed by atoms with Crippen molar-refractivity contribution in [2.45, 2.75) is 19.4 Å². The number of rotatable bonds is 7. The summed E-state index contributed by atoms with van der Waals surface area (Å²) < 4.78 is 0. The zero-order valence-corrected chi connectivity index (χ0v) is 16.7. The molecule has 144 valence electrons. The molecule has 1 atom stereocenters. The fourth-order valence-electron chi connectivity index (χ4n) is 3.58. The first kappa shape index (κ1) is 19.7. The van der Waals surface area contributed by atoms with Gasteiger partial charge in [0.05, 0.1) is 5.92 Å². The van der Waals surface area contributed by atoms with Crippen LogP contribution in [0.3, 0.4) is 0 Å². The van der Waals surface area contributed by atoms with E-state index in [4.69, 9.17) is 11.6 Å². The third-order valence-electron chi connectivity index (χ3n) is 5.17. The summed E-state index contributed by atoms with van der Waals surface area (Å²) in [5, 5.41) is 3.91. The Morgan fingerprint density at radius 2 is 1.93 bits per heavy atom. The molecular formula is C22H28ClN3O. The Bertz CT molecular complexity index is 737. The highest BCUT2D eigenvalue weighted by Crippen LogP contribution is 2.22. The van der Waals surface area contributed by atoms with Gasteiger partial charge >= 0.3 is 0 Å². The Morgan fingerprint density at radius 1 is 1.19 bits per heavy atom. The zero-order chi connectivity index (χ0) is 19.1. The molecule has 0 aromatic heterocycles. The van der Waals surface area contributed by atoms with Crippen LogP contribution in [0.4, 0.5) is 5.69 Å². The van der Waals surface area contributed by atoms with Crippen LogP contribution < -0.4 is 10.2 Å². The van der Waals surface area contributed by atoms with Gasteiger partial charge in [-0.3, -0.25) is 9.69 Å². The van der Waals surface area contributed by atoms with Gasteiger partial charge in [-0.25, -0.2) is 0 Å². The van der Waals surface area contributed by atoms with Crippen molar-refractivity contribution in [3.8, 4) is 0 Å². The number of carbonyl (C=O) groups is 1. The third kappa shape index (κ3) is 5.72. The molecule has 1 heterocycles. The van der Waals surface area contributed by atoms with E-state index < -0.39 is 0 Å². The Hall–Kier alpha value is -2.04. The number of anilines is 1. The predicted molar refractivity (Wildman–Crippen MR) is 112 cm³/mol. The average Bonchev–Trinajstić information content (AvgIpc) is 2.70. The van der Waals surface area contributed by atoms with Crippen LogP contribution in [0.5, 0.6) is 0 Å². The lowest BCUT2D eigenvalue weighted by Gasteiger charge is -2.32. The second-order valence-electron chi connectivity index (χ2n) is 7.21. The minimum atomic E-state index is 0.0586. The van der Waals surface area contributed by atoms with E-state index in [2.05, 4.69) is 33.3 Å². The monoisotopic (exact) mass is 385 g/mol. The van der Waals surface area contributed by atoms with Crippen LogP contribution in [0.1, 0.15) is 18.4 Å². The van der Waals surface area contributed by atoms with Crippen molar-refractivity contribution in [1.29, 1.82) is 0 Å². The van der Waals surface area contributed by atoms with Crippen LogP contribution >= 0.6 is 11.6 Å². The van der Waals surface area contributed by atoms with E-state index in [1.165, 1.54) is 0 Å². The predicted octanol–water partition coefficient (Wildman–Crippen LogP) is 3.80. The smallest absolute Gasteiger partial charge is 0.224 e. The van der Waals surface area contributed by atoms with Crippen LogP contribution in [0, 0.1) is 5.92 Å². The lowest BCUT2D eigenvalue weighted by Crippen LogP contribution is -2.44. The molecule has 5 heteroatoms. The summed E-state index contributed by atoms with van der Waals surface area (Å²) >= 11 is 6.28. The van der Waals surface area contributed by atoms with Crippen LogP contribution in [-0.4, -0.2) is 44.0 Å². The Morgan fingerprint density at radius 3 is 2.70 bits per heavy atom. The number of hydrogen-bond donors (Lipinski definition) is 1. The van der Waals surface area contributed by atoms with Gasteiger partial charge in [-0.15, -0.1) is 0 Å². The number of amides is 1. The summed E-state index contributed by atoms with van der Waals surface area (Å²) in [5.74, 6) is 0.226. The summed E-state index contributed by atoms with van der Waals surface area (Å²) in [4.78, 5) is 17.1. The molecule has 2 aromatic carbocycles. The Balaban J connectivity index is 1.45. The van der Waals surface area contributed by atoms with E-state index in [9.17, 15) is 4.79 Å². The number of benzene rings is 2. The maximum atomic E-state index is 12.6. The molecule has 1 fully saturated rings. The van der Waals surface area contributed by atoms with Gasteiger partial charge in [0.2, 0.25) is 5.91 Å². The molecular weight excluding hydrogens is 358 g/mol. The average molecular weight is 386 g/mol. The van der Waals surface area contributed by atoms with E-state index in [-0.39, 0.29) is 11.8 Å². The standard InChI is InChI=1S/C22H28ClN3O/c1-25(20-10-3-2-4-11-20)15-13-24-22(27)19-9-7-14-26(17-19)16-18-8-5-6-12-21(18)23/h2-6,8,10-12,19H,7,9,13-17H2,1H3,(H,24,27)/t19-/m0/s1. The van der Waals surface area contributed by atoms with Gasteiger partial charge in [-0.1, -0.05) is 48.0 Å². The first-order chi connectivity index (χ1) is 13.1. The molecule has 0 saturated carbocycles. The van der Waals surface area contributed by atoms with E-state index in [1.807, 2.05) is 43.4 Å². The van der Waals surface area contributed by atoms with Crippen LogP contribution in [0.2, 0.25) is 5.02 Å². The first-order valence-corrected chi connectivity index (χ1v) is 10.0. The van der Waals surface area contributed by atoms with Gasteiger partial charge in [0.1, 0.15) is 0 Å².